The van der Waals surface area contributed by atoms with Crippen molar-refractivity contribution in [2.24, 2.45) is 0 Å². The smallest absolute Gasteiger partial charge is 0.216 e. The molecule has 0 saturated heterocycles. The van der Waals surface area contributed by atoms with Gasteiger partial charge in [-0.15, -0.1) is 0 Å². The van der Waals surface area contributed by atoms with Crippen LogP contribution in [0.1, 0.15) is 39.3 Å². The van der Waals surface area contributed by atoms with Crippen LogP contribution in [0.25, 0.3) is 0 Å². The van der Waals surface area contributed by atoms with Crippen LogP contribution < -0.4 is 0 Å². The van der Waals surface area contributed by atoms with Crippen molar-refractivity contribution in [2.45, 2.75) is 39.0 Å². The summed E-state index contributed by atoms with van der Waals surface area (Å²) in [7, 11) is -3.30. The molecule has 0 aliphatic carbocycles. The van der Waals surface area contributed by atoms with Crippen molar-refractivity contribution < 1.29 is 13.5 Å². The lowest BCUT2D eigenvalue weighted by atomic mass is 10.1. The minimum atomic E-state index is -3.30. The summed E-state index contributed by atoms with van der Waals surface area (Å²) in [6, 6.07) is 6.43. The minimum Gasteiger partial charge on any atom is -0.508 e. The van der Waals surface area contributed by atoms with Crippen LogP contribution in [0.3, 0.4) is 0 Å². The van der Waals surface area contributed by atoms with Crippen molar-refractivity contribution in [3.8, 4) is 5.75 Å². The second-order valence-electron chi connectivity index (χ2n) is 4.57. The zero-order valence-corrected chi connectivity index (χ0v) is 12.1. The first-order valence-electron chi connectivity index (χ1n) is 6.10. The van der Waals surface area contributed by atoms with Gasteiger partial charge in [-0.2, -0.15) is 4.31 Å². The van der Waals surface area contributed by atoms with Crippen LogP contribution >= 0.6 is 0 Å². The summed E-state index contributed by atoms with van der Waals surface area (Å²) < 4.78 is 25.9. The van der Waals surface area contributed by atoms with E-state index >= 15 is 0 Å². The molecule has 5 heteroatoms. The summed E-state index contributed by atoms with van der Waals surface area (Å²) in [5.41, 5.74) is 0.793. The van der Waals surface area contributed by atoms with Gasteiger partial charge in [0, 0.05) is 12.6 Å². The Bertz CT molecular complexity index is 497. The van der Waals surface area contributed by atoms with Crippen LogP contribution in [0.15, 0.2) is 24.3 Å². The molecule has 0 amide bonds. The van der Waals surface area contributed by atoms with Gasteiger partial charge < -0.3 is 5.11 Å². The van der Waals surface area contributed by atoms with E-state index in [0.29, 0.717) is 6.54 Å². The van der Waals surface area contributed by atoms with Gasteiger partial charge in [0.1, 0.15) is 5.75 Å². The van der Waals surface area contributed by atoms with E-state index in [4.69, 9.17) is 0 Å². The Hall–Kier alpha value is -1.07. The molecule has 0 aliphatic heterocycles. The number of nitrogens with zero attached hydrogens (tertiary/aromatic N) is 1. The minimum absolute atomic E-state index is 0.150. The molecule has 0 heterocycles. The normalized spacial score (nSPS) is 14.1. The van der Waals surface area contributed by atoms with Gasteiger partial charge in [-0.05, 0) is 38.5 Å². The summed E-state index contributed by atoms with van der Waals surface area (Å²) in [4.78, 5) is 0. The predicted octanol–water partition coefficient (Wildman–Crippen LogP) is 2.51. The van der Waals surface area contributed by atoms with E-state index < -0.39 is 15.3 Å². The van der Waals surface area contributed by atoms with Crippen molar-refractivity contribution in [1.29, 1.82) is 0 Å². The molecule has 102 valence electrons. The van der Waals surface area contributed by atoms with Gasteiger partial charge in [-0.1, -0.05) is 19.1 Å². The first-order valence-corrected chi connectivity index (χ1v) is 7.60. The number of aromatic hydroxyl groups is 1. The molecule has 0 fully saturated rings. The van der Waals surface area contributed by atoms with E-state index in [1.807, 2.05) is 19.9 Å². The largest absolute Gasteiger partial charge is 0.508 e. The van der Waals surface area contributed by atoms with E-state index in [9.17, 15) is 13.5 Å². The van der Waals surface area contributed by atoms with Crippen molar-refractivity contribution >= 4 is 10.0 Å². The molecule has 0 aromatic heterocycles. The lowest BCUT2D eigenvalue weighted by Gasteiger charge is -2.29. The van der Waals surface area contributed by atoms with Crippen molar-refractivity contribution in [3.05, 3.63) is 29.8 Å². The number of benzene rings is 1. The van der Waals surface area contributed by atoms with Crippen LogP contribution in [0, 0.1) is 0 Å². The van der Waals surface area contributed by atoms with Crippen molar-refractivity contribution in [2.75, 3.05) is 6.54 Å². The van der Waals surface area contributed by atoms with Gasteiger partial charge in [0.25, 0.3) is 0 Å². The average Bonchev–Trinajstić information content (AvgIpc) is 2.29. The molecule has 0 aliphatic rings. The molecule has 1 N–H and O–H groups in total. The quantitative estimate of drug-likeness (QED) is 0.895. The molecule has 0 spiro atoms. The zero-order valence-electron chi connectivity index (χ0n) is 11.3. The predicted molar refractivity (Wildman–Crippen MR) is 73.0 cm³/mol. The summed E-state index contributed by atoms with van der Waals surface area (Å²) in [5, 5.41) is 9.01. The van der Waals surface area contributed by atoms with E-state index in [0.717, 1.165) is 5.56 Å². The second-order valence-corrected chi connectivity index (χ2v) is 7.01. The number of sulfonamides is 1. The highest BCUT2D eigenvalue weighted by Crippen LogP contribution is 2.26. The standard InChI is InChI=1S/C13H21NO3S/c1-5-14(18(16,17)10(2)3)11(4)12-7-6-8-13(15)9-12/h6-11,15H,5H2,1-4H3. The molecule has 4 nitrogen and oxygen atoms in total. The molecule has 1 unspecified atom stereocenters. The highest BCUT2D eigenvalue weighted by atomic mass is 32.2. The fraction of sp³-hybridized carbons (Fsp3) is 0.538. The third kappa shape index (κ3) is 3.03. The van der Waals surface area contributed by atoms with Crippen LogP contribution in [-0.2, 0) is 10.0 Å². The maximum absolute atomic E-state index is 12.2. The fourth-order valence-electron chi connectivity index (χ4n) is 1.90. The molecule has 1 atom stereocenters. The number of hydrogen-bond donors (Lipinski definition) is 1. The highest BCUT2D eigenvalue weighted by Gasteiger charge is 2.29. The third-order valence-electron chi connectivity index (χ3n) is 3.02. The second kappa shape index (κ2) is 5.71. The fourth-order valence-corrected chi connectivity index (χ4v) is 3.36. The van der Waals surface area contributed by atoms with E-state index in [2.05, 4.69) is 0 Å². The Kier molecular flexibility index (Phi) is 4.76. The summed E-state index contributed by atoms with van der Waals surface area (Å²) in [6.07, 6.45) is 0. The maximum atomic E-state index is 12.2. The molecular formula is C13H21NO3S. The monoisotopic (exact) mass is 271 g/mol. The first-order chi connectivity index (χ1) is 8.30. The van der Waals surface area contributed by atoms with Gasteiger partial charge >= 0.3 is 0 Å². The van der Waals surface area contributed by atoms with Gasteiger partial charge in [-0.25, -0.2) is 8.42 Å². The summed E-state index contributed by atoms with van der Waals surface area (Å²) >= 11 is 0. The molecular weight excluding hydrogens is 250 g/mol. The number of phenols is 1. The van der Waals surface area contributed by atoms with Crippen molar-refractivity contribution in [3.63, 3.8) is 0 Å². The average molecular weight is 271 g/mol. The summed E-state index contributed by atoms with van der Waals surface area (Å²) in [6.45, 7) is 7.41. The first kappa shape index (κ1) is 15.0. The number of rotatable bonds is 5. The van der Waals surface area contributed by atoms with Crippen molar-refractivity contribution in [1.82, 2.24) is 4.31 Å². The van der Waals surface area contributed by atoms with Gasteiger partial charge in [0.2, 0.25) is 10.0 Å². The Morgan fingerprint density at radius 2 is 1.89 bits per heavy atom. The molecule has 0 saturated carbocycles. The Morgan fingerprint density at radius 3 is 2.33 bits per heavy atom. The summed E-state index contributed by atoms with van der Waals surface area (Å²) in [5.74, 6) is 0.150. The van der Waals surface area contributed by atoms with Crippen LogP contribution in [-0.4, -0.2) is 29.6 Å². The lowest BCUT2D eigenvalue weighted by molar-refractivity contribution is 0.352. The van der Waals surface area contributed by atoms with Crippen LogP contribution in [0.2, 0.25) is 0 Å². The lowest BCUT2D eigenvalue weighted by Crippen LogP contribution is -2.38. The van der Waals surface area contributed by atoms with Crippen LogP contribution in [0.5, 0.6) is 5.75 Å². The molecule has 0 bridgehead atoms. The molecule has 0 radical (unpaired) electrons. The van der Waals surface area contributed by atoms with Crippen LogP contribution in [0.4, 0.5) is 0 Å². The van der Waals surface area contributed by atoms with E-state index in [1.165, 1.54) is 4.31 Å². The number of hydrogen-bond acceptors (Lipinski definition) is 3. The van der Waals surface area contributed by atoms with Gasteiger partial charge in [-0.3, -0.25) is 0 Å². The highest BCUT2D eigenvalue weighted by molar-refractivity contribution is 7.89. The molecule has 18 heavy (non-hydrogen) atoms. The molecule has 1 rings (SSSR count). The Balaban J connectivity index is 3.11. The van der Waals surface area contributed by atoms with Gasteiger partial charge in [0.15, 0.2) is 0 Å². The SMILES string of the molecule is CCN(C(C)c1cccc(O)c1)S(=O)(=O)C(C)C. The molecule has 1 aromatic rings. The Labute approximate surface area is 109 Å². The Morgan fingerprint density at radius 1 is 1.28 bits per heavy atom. The zero-order chi connectivity index (χ0) is 13.9. The topological polar surface area (TPSA) is 57.6 Å². The maximum Gasteiger partial charge on any atom is 0.216 e. The van der Waals surface area contributed by atoms with Gasteiger partial charge in [0.05, 0.1) is 5.25 Å². The third-order valence-corrected chi connectivity index (χ3v) is 5.44. The molecule has 1 aromatic carbocycles. The number of phenolic OH excluding ortho intramolecular Hbond substituents is 1. The van der Waals surface area contributed by atoms with E-state index in [1.54, 1.807) is 32.0 Å². The van der Waals surface area contributed by atoms with E-state index in [-0.39, 0.29) is 11.8 Å².